The number of hydrogen-bond acceptors (Lipinski definition) is 4. The molecule has 2 aliphatic heterocycles. The van der Waals surface area contributed by atoms with Crippen molar-refractivity contribution < 1.29 is 9.47 Å². The molecule has 0 spiro atoms. The molecule has 22 heavy (non-hydrogen) atoms. The number of ether oxygens (including phenoxy) is 2. The molecule has 0 radical (unpaired) electrons. The number of halogens is 1. The topological polar surface area (TPSA) is 34.6 Å². The SMILES string of the molecule is C1CCOC1.CC(C)c1cccc(CN2CCOCC2)n1.I. The third kappa shape index (κ3) is 7.35. The fraction of sp³-hybridized carbons (Fsp3) is 0.706. The Kier molecular flexibility index (Phi) is 10.2. The first-order chi connectivity index (χ1) is 10.3. The molecule has 0 saturated carbocycles. The van der Waals surface area contributed by atoms with E-state index in [-0.39, 0.29) is 24.0 Å². The van der Waals surface area contributed by atoms with Crippen molar-refractivity contribution in [2.24, 2.45) is 0 Å². The van der Waals surface area contributed by atoms with Crippen LogP contribution in [0.1, 0.15) is 44.0 Å². The molecule has 1 aromatic heterocycles. The monoisotopic (exact) mass is 420 g/mol. The summed E-state index contributed by atoms with van der Waals surface area (Å²) < 4.78 is 10.3. The first kappa shape index (κ1) is 19.8. The molecule has 0 aliphatic carbocycles. The van der Waals surface area contributed by atoms with Gasteiger partial charge in [0.15, 0.2) is 0 Å². The second-order valence-corrected chi connectivity index (χ2v) is 5.92. The number of aromatic nitrogens is 1. The van der Waals surface area contributed by atoms with Crippen LogP contribution >= 0.6 is 24.0 Å². The maximum atomic E-state index is 5.34. The summed E-state index contributed by atoms with van der Waals surface area (Å²) >= 11 is 0. The molecule has 0 N–H and O–H groups in total. The summed E-state index contributed by atoms with van der Waals surface area (Å²) in [5.41, 5.74) is 2.36. The molecule has 0 unspecified atom stereocenters. The lowest BCUT2D eigenvalue weighted by Crippen LogP contribution is -2.35. The Balaban J connectivity index is 0.000000344. The third-order valence-electron chi connectivity index (χ3n) is 3.74. The zero-order valence-corrected chi connectivity index (χ0v) is 16.1. The summed E-state index contributed by atoms with van der Waals surface area (Å²) in [6, 6.07) is 6.33. The van der Waals surface area contributed by atoms with Gasteiger partial charge in [-0.15, -0.1) is 24.0 Å². The largest absolute Gasteiger partial charge is 0.381 e. The van der Waals surface area contributed by atoms with Crippen molar-refractivity contribution in [1.82, 2.24) is 9.88 Å². The smallest absolute Gasteiger partial charge is 0.0594 e. The van der Waals surface area contributed by atoms with Crippen LogP contribution in [0.15, 0.2) is 18.2 Å². The van der Waals surface area contributed by atoms with E-state index in [1.54, 1.807) is 0 Å². The van der Waals surface area contributed by atoms with Crippen molar-refractivity contribution >= 4 is 24.0 Å². The third-order valence-corrected chi connectivity index (χ3v) is 3.74. The lowest BCUT2D eigenvalue weighted by molar-refractivity contribution is 0.0336. The zero-order valence-electron chi connectivity index (χ0n) is 13.8. The molecular weight excluding hydrogens is 391 g/mol. The summed E-state index contributed by atoms with van der Waals surface area (Å²) in [4.78, 5) is 7.08. The molecule has 1 aromatic rings. The highest BCUT2D eigenvalue weighted by Gasteiger charge is 2.11. The van der Waals surface area contributed by atoms with Crippen molar-refractivity contribution in [3.05, 3.63) is 29.6 Å². The number of hydrogen-bond donors (Lipinski definition) is 0. The molecule has 0 aromatic carbocycles. The van der Waals surface area contributed by atoms with Crippen LogP contribution in [0.2, 0.25) is 0 Å². The maximum absolute atomic E-state index is 5.34. The predicted molar refractivity (Wildman–Crippen MR) is 99.9 cm³/mol. The maximum Gasteiger partial charge on any atom is 0.0594 e. The Morgan fingerprint density at radius 2 is 1.68 bits per heavy atom. The van der Waals surface area contributed by atoms with E-state index in [1.807, 2.05) is 0 Å². The van der Waals surface area contributed by atoms with Crippen LogP contribution in [0, 0.1) is 0 Å². The molecule has 3 heterocycles. The van der Waals surface area contributed by atoms with Crippen LogP contribution in [0.5, 0.6) is 0 Å². The summed E-state index contributed by atoms with van der Waals surface area (Å²) in [6.45, 7) is 11.1. The minimum absolute atomic E-state index is 0. The summed E-state index contributed by atoms with van der Waals surface area (Å²) in [6.07, 6.45) is 2.56. The van der Waals surface area contributed by atoms with Crippen molar-refractivity contribution in [3.63, 3.8) is 0 Å². The van der Waals surface area contributed by atoms with Crippen LogP contribution in [-0.2, 0) is 16.0 Å². The summed E-state index contributed by atoms with van der Waals surface area (Å²) in [5.74, 6) is 0.504. The molecule has 2 saturated heterocycles. The molecule has 126 valence electrons. The minimum atomic E-state index is 0. The van der Waals surface area contributed by atoms with Crippen LogP contribution in [0.3, 0.4) is 0 Å². The fourth-order valence-electron chi connectivity index (χ4n) is 2.41. The van der Waals surface area contributed by atoms with E-state index in [9.17, 15) is 0 Å². The van der Waals surface area contributed by atoms with Gasteiger partial charge in [-0.3, -0.25) is 9.88 Å². The molecule has 2 aliphatic rings. The fourth-order valence-corrected chi connectivity index (χ4v) is 2.41. The Morgan fingerprint density at radius 3 is 2.23 bits per heavy atom. The van der Waals surface area contributed by atoms with E-state index in [1.165, 1.54) is 24.2 Å². The second kappa shape index (κ2) is 11.3. The highest BCUT2D eigenvalue weighted by atomic mass is 127. The zero-order chi connectivity index (χ0) is 14.9. The van der Waals surface area contributed by atoms with Crippen LogP contribution in [-0.4, -0.2) is 49.4 Å². The van der Waals surface area contributed by atoms with Gasteiger partial charge in [-0.05, 0) is 30.9 Å². The predicted octanol–water partition coefficient (Wildman–Crippen LogP) is 3.45. The van der Waals surface area contributed by atoms with Gasteiger partial charge in [0.25, 0.3) is 0 Å². The van der Waals surface area contributed by atoms with E-state index in [2.05, 4.69) is 41.9 Å². The van der Waals surface area contributed by atoms with Gasteiger partial charge in [-0.2, -0.15) is 0 Å². The Hall–Kier alpha value is -0.240. The van der Waals surface area contributed by atoms with Crippen molar-refractivity contribution in [3.8, 4) is 0 Å². The molecular formula is C17H29IN2O2. The lowest BCUT2D eigenvalue weighted by atomic mass is 10.1. The number of morpholine rings is 1. The first-order valence-corrected chi connectivity index (χ1v) is 8.09. The van der Waals surface area contributed by atoms with E-state index in [4.69, 9.17) is 9.47 Å². The second-order valence-electron chi connectivity index (χ2n) is 5.92. The van der Waals surface area contributed by atoms with E-state index in [0.29, 0.717) is 5.92 Å². The normalized spacial score (nSPS) is 18.5. The van der Waals surface area contributed by atoms with Crippen LogP contribution in [0.4, 0.5) is 0 Å². The van der Waals surface area contributed by atoms with Gasteiger partial charge in [0.1, 0.15) is 0 Å². The Morgan fingerprint density at radius 1 is 1.05 bits per heavy atom. The van der Waals surface area contributed by atoms with E-state index < -0.39 is 0 Å². The van der Waals surface area contributed by atoms with Gasteiger partial charge < -0.3 is 9.47 Å². The van der Waals surface area contributed by atoms with Gasteiger partial charge in [0.2, 0.25) is 0 Å². The molecule has 0 atom stereocenters. The quantitative estimate of drug-likeness (QED) is 0.702. The number of pyridine rings is 1. The van der Waals surface area contributed by atoms with E-state index in [0.717, 1.165) is 46.1 Å². The molecule has 2 fully saturated rings. The van der Waals surface area contributed by atoms with Crippen LogP contribution in [0.25, 0.3) is 0 Å². The lowest BCUT2D eigenvalue weighted by Gasteiger charge is -2.26. The number of rotatable bonds is 3. The standard InChI is InChI=1S/C13H20N2O.C4H8O.HI/c1-11(2)13-5-3-4-12(14-13)10-15-6-8-16-9-7-15;1-2-4-5-3-1;/h3-5,11H,6-10H2,1-2H3;1-4H2;1H. The molecule has 0 bridgehead atoms. The molecule has 0 amide bonds. The van der Waals surface area contributed by atoms with Crippen molar-refractivity contribution in [2.45, 2.75) is 39.2 Å². The average molecular weight is 420 g/mol. The Labute approximate surface area is 151 Å². The molecule has 4 nitrogen and oxygen atoms in total. The molecule has 3 rings (SSSR count). The van der Waals surface area contributed by atoms with E-state index >= 15 is 0 Å². The first-order valence-electron chi connectivity index (χ1n) is 8.09. The Bertz CT molecular complexity index is 398. The average Bonchev–Trinajstić information content (AvgIpc) is 3.08. The minimum Gasteiger partial charge on any atom is -0.381 e. The summed E-state index contributed by atoms with van der Waals surface area (Å²) in [5, 5.41) is 0. The van der Waals surface area contributed by atoms with Crippen molar-refractivity contribution in [2.75, 3.05) is 39.5 Å². The van der Waals surface area contributed by atoms with Gasteiger partial charge >= 0.3 is 0 Å². The number of nitrogens with zero attached hydrogens (tertiary/aromatic N) is 2. The van der Waals surface area contributed by atoms with Crippen molar-refractivity contribution in [1.29, 1.82) is 0 Å². The van der Waals surface area contributed by atoms with Crippen LogP contribution < -0.4 is 0 Å². The highest BCUT2D eigenvalue weighted by Crippen LogP contribution is 2.13. The highest BCUT2D eigenvalue weighted by molar-refractivity contribution is 14.0. The van der Waals surface area contributed by atoms with Gasteiger partial charge in [-0.25, -0.2) is 0 Å². The van der Waals surface area contributed by atoms with Gasteiger partial charge in [0.05, 0.1) is 18.9 Å². The molecule has 5 heteroatoms. The van der Waals surface area contributed by atoms with Gasteiger partial charge in [-0.1, -0.05) is 19.9 Å². The van der Waals surface area contributed by atoms with Gasteiger partial charge in [0, 0.05) is 38.5 Å². The summed E-state index contributed by atoms with van der Waals surface area (Å²) in [7, 11) is 0.